The van der Waals surface area contributed by atoms with Crippen LogP contribution < -0.4 is 54.1 Å². The largest absolute Gasteiger partial charge is 0.310 e. The number of para-hydroxylation sites is 3. The molecule has 0 saturated heterocycles. The first kappa shape index (κ1) is 36.8. The zero-order chi connectivity index (χ0) is 44.4. The summed E-state index contributed by atoms with van der Waals surface area (Å²) in [5.41, 5.74) is 23.9. The summed E-state index contributed by atoms with van der Waals surface area (Å²) in [7, 11) is 0. The Morgan fingerprint density at radius 3 is 1.30 bits per heavy atom. The van der Waals surface area contributed by atoms with E-state index in [-0.39, 0.29) is 20.1 Å². The lowest BCUT2D eigenvalue weighted by molar-refractivity contribution is 1.16. The van der Waals surface area contributed by atoms with Gasteiger partial charge in [-0.25, -0.2) is 0 Å². The maximum absolute atomic E-state index is 2.71. The second kappa shape index (κ2) is 12.9. The van der Waals surface area contributed by atoms with Crippen LogP contribution in [0.3, 0.4) is 0 Å². The molecule has 0 saturated carbocycles. The molecule has 0 N–H and O–H groups in total. The minimum absolute atomic E-state index is 0.128. The van der Waals surface area contributed by atoms with E-state index in [0.29, 0.717) is 0 Å². The van der Waals surface area contributed by atoms with Crippen LogP contribution in [0.1, 0.15) is 0 Å². The highest BCUT2D eigenvalue weighted by Gasteiger charge is 2.45. The third-order valence-corrected chi connectivity index (χ3v) is 19.8. The van der Waals surface area contributed by atoms with E-state index in [1.54, 1.807) is 0 Å². The van der Waals surface area contributed by atoms with Crippen LogP contribution in [-0.4, -0.2) is 29.3 Å². The third-order valence-electron chi connectivity index (χ3n) is 16.3. The van der Waals surface area contributed by atoms with Crippen molar-refractivity contribution in [3.8, 4) is 11.4 Å². The van der Waals surface area contributed by atoms with E-state index in [4.69, 9.17) is 0 Å². The molecule has 2 aromatic heterocycles. The lowest BCUT2D eigenvalue weighted by Gasteiger charge is -2.40. The SMILES string of the molecule is c1ccc2c(c1)Sc1cccc3c1B2c1ccccc1N3c1cc2c(c3ccc4c5c3n2-c2ccccc2B5c2ccccc2S4)c2c3ccc4c5c3n(c12)-c1ccccc1B5c1ccccc1S4. The molecule has 0 unspecified atom stereocenters. The van der Waals surface area contributed by atoms with E-state index >= 15 is 0 Å². The van der Waals surface area contributed by atoms with Gasteiger partial charge in [-0.1, -0.05) is 179 Å². The molecule has 0 bridgehead atoms. The molecular weight excluding hydrogens is 891 g/mol. The maximum atomic E-state index is 2.71. The van der Waals surface area contributed by atoms with Gasteiger partial charge in [-0.05, 0) is 99.5 Å². The molecule has 314 valence electrons. The van der Waals surface area contributed by atoms with Gasteiger partial charge in [-0.3, -0.25) is 0 Å². The number of nitrogens with zero attached hydrogens (tertiary/aromatic N) is 3. The van der Waals surface area contributed by atoms with Crippen molar-refractivity contribution in [3.05, 3.63) is 194 Å². The van der Waals surface area contributed by atoms with Crippen molar-refractivity contribution in [1.82, 2.24) is 9.13 Å². The Balaban J connectivity index is 1.06. The summed E-state index contributed by atoms with van der Waals surface area (Å²) < 4.78 is 5.37. The molecule has 0 atom stereocenters. The van der Waals surface area contributed by atoms with Crippen molar-refractivity contribution >= 4 is 165 Å². The zero-order valence-electron chi connectivity index (χ0n) is 36.8. The van der Waals surface area contributed by atoms with Crippen LogP contribution in [0, 0.1) is 0 Å². The van der Waals surface area contributed by atoms with Gasteiger partial charge in [0, 0.05) is 73.7 Å². The summed E-state index contributed by atoms with van der Waals surface area (Å²) in [4.78, 5) is 10.8. The van der Waals surface area contributed by atoms with E-state index in [2.05, 4.69) is 208 Å². The van der Waals surface area contributed by atoms with E-state index in [9.17, 15) is 0 Å². The Kier molecular flexibility index (Phi) is 6.90. The summed E-state index contributed by atoms with van der Waals surface area (Å²) >= 11 is 5.79. The summed E-state index contributed by atoms with van der Waals surface area (Å²) in [6.07, 6.45) is 0. The monoisotopic (exact) mass is 923 g/mol. The third kappa shape index (κ3) is 4.40. The van der Waals surface area contributed by atoms with Crippen molar-refractivity contribution in [2.45, 2.75) is 29.4 Å². The highest BCUT2D eigenvalue weighted by atomic mass is 32.2. The fraction of sp³-hybridized carbons (Fsp3) is 0. The molecule has 0 amide bonds. The van der Waals surface area contributed by atoms with E-state index in [0.717, 1.165) is 0 Å². The molecule has 0 spiro atoms. The van der Waals surface area contributed by atoms with Crippen LogP contribution in [0.25, 0.3) is 55.0 Å². The number of fused-ring (bicyclic) bond motifs is 21. The zero-order valence-corrected chi connectivity index (χ0v) is 39.2. The topological polar surface area (TPSA) is 13.1 Å². The second-order valence-electron chi connectivity index (χ2n) is 19.4. The smallest absolute Gasteiger partial charge is 0.249 e. The summed E-state index contributed by atoms with van der Waals surface area (Å²) in [6.45, 7) is 0.401. The first-order chi connectivity index (χ1) is 34.3. The number of hydrogen-bond donors (Lipinski definition) is 0. The second-order valence-corrected chi connectivity index (χ2v) is 22.6. The molecule has 69 heavy (non-hydrogen) atoms. The summed E-state index contributed by atoms with van der Waals surface area (Å²) in [5.74, 6) is 0. The normalized spacial score (nSPS) is 14.7. The van der Waals surface area contributed by atoms with Crippen LogP contribution in [0.5, 0.6) is 0 Å². The Hall–Kier alpha value is -7.16. The molecule has 8 heterocycles. The van der Waals surface area contributed by atoms with Crippen LogP contribution in [0.2, 0.25) is 0 Å². The molecule has 18 rings (SSSR count). The van der Waals surface area contributed by atoms with Gasteiger partial charge >= 0.3 is 0 Å². The highest BCUT2D eigenvalue weighted by molar-refractivity contribution is 8.00. The van der Waals surface area contributed by atoms with Gasteiger partial charge in [0.1, 0.15) is 0 Å². The standard InChI is InChI=1S/C60H32B3N3S3/c1-7-20-41-35(14-1)61-38-17-4-10-24-47(38)67-50-27-13-23-44(55(50)61)64(41)46-32-45-53(33-28-30-51-56-58(33)65(45)42-21-8-2-15-36(42)62(56)39-18-5-11-25-48(39)68-51)54-34-29-31-52-57-59(34)66(60(46)54)43-22-9-3-16-37(43)63(57)40-19-6-12-26-49(40)69-52/h1-32H. The number of rotatable bonds is 1. The van der Waals surface area contributed by atoms with Gasteiger partial charge in [-0.2, -0.15) is 0 Å². The fourth-order valence-electron chi connectivity index (χ4n) is 13.8. The van der Waals surface area contributed by atoms with Crippen LogP contribution in [0.4, 0.5) is 17.1 Å². The van der Waals surface area contributed by atoms with Gasteiger partial charge < -0.3 is 14.0 Å². The Labute approximate surface area is 411 Å². The van der Waals surface area contributed by atoms with Crippen LogP contribution >= 0.6 is 35.3 Å². The Morgan fingerprint density at radius 2 is 0.710 bits per heavy atom. The molecule has 0 fully saturated rings. The highest BCUT2D eigenvalue weighted by Crippen LogP contribution is 2.52. The van der Waals surface area contributed by atoms with Crippen molar-refractivity contribution < 1.29 is 0 Å². The molecule has 12 aromatic rings. The van der Waals surface area contributed by atoms with Gasteiger partial charge in [0.05, 0.1) is 27.8 Å². The quantitative estimate of drug-likeness (QED) is 0.152. The van der Waals surface area contributed by atoms with Crippen molar-refractivity contribution in [2.24, 2.45) is 0 Å². The van der Waals surface area contributed by atoms with Gasteiger partial charge in [0.15, 0.2) is 0 Å². The molecule has 6 aliphatic heterocycles. The molecule has 6 aliphatic rings. The molecule has 9 heteroatoms. The Morgan fingerprint density at radius 1 is 0.290 bits per heavy atom. The van der Waals surface area contributed by atoms with Crippen LogP contribution in [-0.2, 0) is 0 Å². The predicted molar refractivity (Wildman–Crippen MR) is 295 cm³/mol. The van der Waals surface area contributed by atoms with E-state index in [1.165, 1.54) is 151 Å². The number of anilines is 3. The fourth-order valence-corrected chi connectivity index (χ4v) is 17.3. The minimum atomic E-state index is 0.128. The molecular formula is C60H32B3N3S3. The van der Waals surface area contributed by atoms with Crippen molar-refractivity contribution in [2.75, 3.05) is 4.90 Å². The molecule has 3 nitrogen and oxygen atoms in total. The van der Waals surface area contributed by atoms with Gasteiger partial charge in [-0.15, -0.1) is 0 Å². The predicted octanol–water partition coefficient (Wildman–Crippen LogP) is 9.23. The minimum Gasteiger partial charge on any atom is -0.310 e. The lowest BCUT2D eigenvalue weighted by Crippen LogP contribution is -2.59. The van der Waals surface area contributed by atoms with E-state index in [1.807, 2.05) is 35.3 Å². The summed E-state index contributed by atoms with van der Waals surface area (Å²) in [5, 5.41) is 5.30. The van der Waals surface area contributed by atoms with Crippen molar-refractivity contribution in [3.63, 3.8) is 0 Å². The van der Waals surface area contributed by atoms with E-state index < -0.39 is 0 Å². The van der Waals surface area contributed by atoms with Gasteiger partial charge in [0.25, 0.3) is 0 Å². The first-order valence-electron chi connectivity index (χ1n) is 23.9. The molecule has 0 aliphatic carbocycles. The van der Waals surface area contributed by atoms with Crippen molar-refractivity contribution in [1.29, 1.82) is 0 Å². The molecule has 0 radical (unpaired) electrons. The average molecular weight is 924 g/mol. The molecule has 10 aromatic carbocycles. The average Bonchev–Trinajstić information content (AvgIpc) is 3.93. The Bertz CT molecular complexity index is 4420. The first-order valence-corrected chi connectivity index (χ1v) is 26.4. The number of aromatic nitrogens is 2. The summed E-state index contributed by atoms with van der Waals surface area (Å²) in [6, 6.07) is 74.6. The lowest BCUT2D eigenvalue weighted by atomic mass is 9.35. The number of benzene rings is 10. The number of hydrogen-bond acceptors (Lipinski definition) is 4. The van der Waals surface area contributed by atoms with Gasteiger partial charge in [0.2, 0.25) is 20.1 Å². The maximum Gasteiger partial charge on any atom is 0.249 e. The van der Waals surface area contributed by atoms with Crippen LogP contribution in [0.15, 0.2) is 223 Å².